The molecule has 0 radical (unpaired) electrons. The molecule has 10 heteroatoms. The molecule has 0 saturated carbocycles. The summed E-state index contributed by atoms with van der Waals surface area (Å²) in [6.45, 7) is 16.1. The lowest BCUT2D eigenvalue weighted by Crippen LogP contribution is -2.53. The van der Waals surface area contributed by atoms with Crippen molar-refractivity contribution in [3.63, 3.8) is 0 Å². The Bertz CT molecular complexity index is 1230. The van der Waals surface area contributed by atoms with Crippen molar-refractivity contribution in [3.05, 3.63) is 71.7 Å². The first-order chi connectivity index (χ1) is 17.7. The number of benzene rings is 1. The first-order valence-corrected chi connectivity index (χ1v) is 12.2. The van der Waals surface area contributed by atoms with E-state index in [1.54, 1.807) is 50.8 Å². The summed E-state index contributed by atoms with van der Waals surface area (Å²) in [4.78, 5) is 25.2. The third-order valence-corrected chi connectivity index (χ3v) is 5.74. The summed E-state index contributed by atoms with van der Waals surface area (Å²) in [6.07, 6.45) is 1.50. The summed E-state index contributed by atoms with van der Waals surface area (Å²) in [5.74, 6) is -1.04. The van der Waals surface area contributed by atoms with Crippen LogP contribution in [0.4, 0.5) is 28.0 Å². The molecule has 3 rings (SSSR count). The molecule has 1 aromatic carbocycles. The Kier molecular flexibility index (Phi) is 8.64. The monoisotopic (exact) mass is 532 g/mol. The highest BCUT2D eigenvalue weighted by Gasteiger charge is 2.35. The molecule has 0 spiro atoms. The lowest BCUT2D eigenvalue weighted by molar-refractivity contribution is -0.140. The van der Waals surface area contributed by atoms with E-state index in [4.69, 9.17) is 4.74 Å². The number of amides is 1. The first-order valence-electron chi connectivity index (χ1n) is 12.2. The SMILES string of the molecule is C=CC(=C)N=C1CC(C=CC)=Cc2cc(C(F)(F)F)c(F)cc2N=C1N1CCN(C(=O)OC(C)(C)C)CC1. The number of carbonyl (C=O) groups excluding carboxylic acids is 1. The summed E-state index contributed by atoms with van der Waals surface area (Å²) in [5.41, 5.74) is -0.290. The highest BCUT2D eigenvalue weighted by Crippen LogP contribution is 2.37. The maximum absolute atomic E-state index is 14.6. The topological polar surface area (TPSA) is 57.5 Å². The van der Waals surface area contributed by atoms with E-state index in [2.05, 4.69) is 23.1 Å². The molecule has 2 aliphatic rings. The molecule has 38 heavy (non-hydrogen) atoms. The Labute approximate surface area is 220 Å². The molecule has 0 aromatic heterocycles. The van der Waals surface area contributed by atoms with Crippen LogP contribution < -0.4 is 0 Å². The van der Waals surface area contributed by atoms with Crippen molar-refractivity contribution in [1.82, 2.24) is 9.80 Å². The molecule has 1 fully saturated rings. The Morgan fingerprint density at radius 2 is 1.82 bits per heavy atom. The van der Waals surface area contributed by atoms with Crippen molar-refractivity contribution in [2.45, 2.75) is 45.9 Å². The highest BCUT2D eigenvalue weighted by molar-refractivity contribution is 6.42. The van der Waals surface area contributed by atoms with E-state index in [1.165, 1.54) is 6.08 Å². The Hall–Kier alpha value is -3.69. The number of halogens is 4. The lowest BCUT2D eigenvalue weighted by atomic mass is 9.98. The zero-order valence-electron chi connectivity index (χ0n) is 22.0. The van der Waals surface area contributed by atoms with Gasteiger partial charge in [0.15, 0.2) is 5.84 Å². The van der Waals surface area contributed by atoms with Crippen LogP contribution in [0.25, 0.3) is 6.08 Å². The van der Waals surface area contributed by atoms with Gasteiger partial charge >= 0.3 is 12.3 Å². The van der Waals surface area contributed by atoms with Gasteiger partial charge < -0.3 is 14.5 Å². The highest BCUT2D eigenvalue weighted by atomic mass is 19.4. The molecular formula is C28H32F4N4O2. The summed E-state index contributed by atoms with van der Waals surface area (Å²) < 4.78 is 60.5. The minimum Gasteiger partial charge on any atom is -0.444 e. The number of aliphatic imine (C=N–C) groups is 2. The van der Waals surface area contributed by atoms with Crippen molar-refractivity contribution in [3.8, 4) is 0 Å². The number of amidine groups is 1. The predicted octanol–water partition coefficient (Wildman–Crippen LogP) is 6.93. The van der Waals surface area contributed by atoms with Gasteiger partial charge in [0.2, 0.25) is 0 Å². The summed E-state index contributed by atoms with van der Waals surface area (Å²) in [5, 5.41) is 0. The fourth-order valence-electron chi connectivity index (χ4n) is 4.02. The van der Waals surface area contributed by atoms with E-state index in [9.17, 15) is 22.4 Å². The third-order valence-electron chi connectivity index (χ3n) is 5.74. The molecule has 204 valence electrons. The average molecular weight is 533 g/mol. The van der Waals surface area contributed by atoms with Crippen LogP contribution >= 0.6 is 0 Å². The van der Waals surface area contributed by atoms with Crippen molar-refractivity contribution in [2.75, 3.05) is 26.2 Å². The fourth-order valence-corrected chi connectivity index (χ4v) is 4.02. The standard InChI is InChI=1S/C28H32F4N4O2/c1-7-9-19-14-20-16-21(28(30,31)32)22(29)17-23(20)34-25(24(15-19)33-18(3)8-2)35-10-12-36(13-11-35)26(37)38-27(4,5)6/h7-9,14,16-17H,2-3,10-13,15H2,1,4-6H3. The van der Waals surface area contributed by atoms with E-state index in [0.29, 0.717) is 49.0 Å². The molecule has 1 aromatic rings. The molecule has 6 nitrogen and oxygen atoms in total. The molecule has 0 N–H and O–H groups in total. The number of carbonyl (C=O) groups is 1. The maximum atomic E-state index is 14.6. The largest absolute Gasteiger partial charge is 0.444 e. The molecule has 0 bridgehead atoms. The van der Waals surface area contributed by atoms with Gasteiger partial charge in [-0.15, -0.1) is 0 Å². The predicted molar refractivity (Wildman–Crippen MR) is 142 cm³/mol. The number of alkyl halides is 3. The maximum Gasteiger partial charge on any atom is 0.419 e. The summed E-state index contributed by atoms with van der Waals surface area (Å²) in [7, 11) is 0. The van der Waals surface area contributed by atoms with Gasteiger partial charge in [-0.25, -0.2) is 19.2 Å². The van der Waals surface area contributed by atoms with E-state index in [-0.39, 0.29) is 17.7 Å². The van der Waals surface area contributed by atoms with Crippen LogP contribution in [0.5, 0.6) is 0 Å². The molecule has 0 unspecified atom stereocenters. The smallest absolute Gasteiger partial charge is 0.419 e. The molecule has 0 aliphatic carbocycles. The number of piperazine rings is 1. The van der Waals surface area contributed by atoms with E-state index < -0.39 is 29.3 Å². The fraction of sp³-hybridized carbons (Fsp3) is 0.393. The quantitative estimate of drug-likeness (QED) is 0.313. The number of allylic oxidation sites excluding steroid dienone is 4. The van der Waals surface area contributed by atoms with Crippen LogP contribution in [-0.2, 0) is 10.9 Å². The zero-order chi connectivity index (χ0) is 28.3. The summed E-state index contributed by atoms with van der Waals surface area (Å²) in [6, 6.07) is 1.57. The van der Waals surface area contributed by atoms with Crippen LogP contribution in [0.15, 0.2) is 64.8 Å². The molecule has 0 atom stereocenters. The number of rotatable bonds is 3. The van der Waals surface area contributed by atoms with Crippen LogP contribution in [0.2, 0.25) is 0 Å². The minimum atomic E-state index is -4.85. The summed E-state index contributed by atoms with van der Waals surface area (Å²) >= 11 is 0. The Balaban J connectivity index is 2.09. The molecule has 1 amide bonds. The third kappa shape index (κ3) is 7.20. The number of nitrogens with zero attached hydrogens (tertiary/aromatic N) is 4. The van der Waals surface area contributed by atoms with Gasteiger partial charge in [0.1, 0.15) is 11.4 Å². The number of fused-ring (bicyclic) bond motifs is 1. The van der Waals surface area contributed by atoms with Crippen LogP contribution in [0.3, 0.4) is 0 Å². The van der Waals surface area contributed by atoms with E-state index in [0.717, 1.165) is 12.1 Å². The Morgan fingerprint density at radius 1 is 1.16 bits per heavy atom. The van der Waals surface area contributed by atoms with Crippen LogP contribution in [0, 0.1) is 5.82 Å². The Morgan fingerprint density at radius 3 is 2.37 bits per heavy atom. The zero-order valence-corrected chi connectivity index (χ0v) is 22.0. The second-order valence-corrected chi connectivity index (χ2v) is 9.93. The van der Waals surface area contributed by atoms with Gasteiger partial charge in [-0.05, 0) is 51.5 Å². The van der Waals surface area contributed by atoms with E-state index >= 15 is 0 Å². The van der Waals surface area contributed by atoms with Gasteiger partial charge in [0, 0.05) is 44.2 Å². The molecular weight excluding hydrogens is 500 g/mol. The lowest BCUT2D eigenvalue weighted by Gasteiger charge is -2.37. The van der Waals surface area contributed by atoms with Gasteiger partial charge in [-0.1, -0.05) is 25.3 Å². The molecule has 2 aliphatic heterocycles. The average Bonchev–Trinajstić information content (AvgIpc) is 2.80. The second-order valence-electron chi connectivity index (χ2n) is 9.93. The van der Waals surface area contributed by atoms with Gasteiger partial charge in [-0.2, -0.15) is 13.2 Å². The van der Waals surface area contributed by atoms with Crippen LogP contribution in [0.1, 0.15) is 45.2 Å². The van der Waals surface area contributed by atoms with Crippen molar-refractivity contribution in [2.24, 2.45) is 9.98 Å². The molecule has 1 saturated heterocycles. The van der Waals surface area contributed by atoms with Gasteiger partial charge in [0.25, 0.3) is 0 Å². The first kappa shape index (κ1) is 28.9. The van der Waals surface area contributed by atoms with E-state index in [1.807, 2.05) is 4.90 Å². The van der Waals surface area contributed by atoms with Gasteiger partial charge in [-0.3, -0.25) is 0 Å². The number of hydrogen-bond acceptors (Lipinski definition) is 5. The van der Waals surface area contributed by atoms with Crippen molar-refractivity contribution >= 4 is 29.4 Å². The number of ether oxygens (including phenoxy) is 1. The van der Waals surface area contributed by atoms with Crippen LogP contribution in [-0.4, -0.2) is 59.2 Å². The van der Waals surface area contributed by atoms with Gasteiger partial charge in [0.05, 0.1) is 22.7 Å². The number of hydrogen-bond donors (Lipinski definition) is 0. The van der Waals surface area contributed by atoms with Crippen molar-refractivity contribution < 1.29 is 27.1 Å². The minimum absolute atomic E-state index is 0.0405. The van der Waals surface area contributed by atoms with Crippen molar-refractivity contribution in [1.29, 1.82) is 0 Å². The normalized spacial score (nSPS) is 17.9. The second kappa shape index (κ2) is 11.4. The molecule has 2 heterocycles.